The van der Waals surface area contributed by atoms with Gasteiger partial charge in [-0.1, -0.05) is 23.8 Å². The highest BCUT2D eigenvalue weighted by Crippen LogP contribution is 2.34. The van der Waals surface area contributed by atoms with Crippen LogP contribution >= 0.6 is 11.8 Å². The van der Waals surface area contributed by atoms with Crippen molar-refractivity contribution in [3.63, 3.8) is 0 Å². The first-order valence-electron chi connectivity index (χ1n) is 11.3. The van der Waals surface area contributed by atoms with E-state index in [9.17, 15) is 14.4 Å². The van der Waals surface area contributed by atoms with Crippen molar-refractivity contribution < 1.29 is 37.7 Å². The van der Waals surface area contributed by atoms with Crippen molar-refractivity contribution in [1.82, 2.24) is 4.90 Å². The van der Waals surface area contributed by atoms with Crippen molar-refractivity contribution in [3.05, 3.63) is 82.1 Å². The van der Waals surface area contributed by atoms with Crippen LogP contribution in [0.4, 0.5) is 4.79 Å². The van der Waals surface area contributed by atoms with Crippen LogP contribution in [0.1, 0.15) is 27.4 Å². The Hall–Kier alpha value is -4.18. The molecule has 0 N–H and O–H groups in total. The summed E-state index contributed by atoms with van der Waals surface area (Å²) >= 11 is 0.877. The number of benzene rings is 2. The van der Waals surface area contributed by atoms with Crippen molar-refractivity contribution >= 4 is 35.0 Å². The lowest BCUT2D eigenvalue weighted by molar-refractivity contribution is -0.123. The first-order valence-corrected chi connectivity index (χ1v) is 12.1. The van der Waals surface area contributed by atoms with Crippen molar-refractivity contribution in [2.24, 2.45) is 0 Å². The van der Waals surface area contributed by atoms with Gasteiger partial charge in [0.2, 0.25) is 5.76 Å². The summed E-state index contributed by atoms with van der Waals surface area (Å²) in [7, 11) is 2.77. The Morgan fingerprint density at radius 1 is 1.00 bits per heavy atom. The Balaban J connectivity index is 1.37. The summed E-state index contributed by atoms with van der Waals surface area (Å²) in [4.78, 5) is 38.2. The normalized spacial score (nSPS) is 14.2. The monoisotopic (exact) mass is 523 g/mol. The summed E-state index contributed by atoms with van der Waals surface area (Å²) in [5.41, 5.74) is 1.78. The minimum absolute atomic E-state index is 0.0657. The molecule has 37 heavy (non-hydrogen) atoms. The van der Waals surface area contributed by atoms with E-state index >= 15 is 0 Å². The highest BCUT2D eigenvalue weighted by atomic mass is 32.2. The van der Waals surface area contributed by atoms with Gasteiger partial charge in [0.25, 0.3) is 11.1 Å². The van der Waals surface area contributed by atoms with E-state index in [1.54, 1.807) is 30.3 Å². The van der Waals surface area contributed by atoms with E-state index in [-0.39, 0.29) is 36.7 Å². The van der Waals surface area contributed by atoms with Crippen LogP contribution in [0.5, 0.6) is 17.2 Å². The second kappa shape index (κ2) is 11.7. The quantitative estimate of drug-likeness (QED) is 0.266. The third kappa shape index (κ3) is 6.34. The summed E-state index contributed by atoms with van der Waals surface area (Å²) in [5.74, 6) is 1.12. The topological polar surface area (TPSA) is 105 Å². The van der Waals surface area contributed by atoms with Crippen LogP contribution in [0.15, 0.2) is 63.9 Å². The maximum absolute atomic E-state index is 12.8. The number of rotatable bonds is 10. The summed E-state index contributed by atoms with van der Waals surface area (Å²) in [6.07, 6.45) is 1.63. The van der Waals surface area contributed by atoms with E-state index < -0.39 is 5.97 Å². The Morgan fingerprint density at radius 3 is 2.51 bits per heavy atom. The average molecular weight is 524 g/mol. The predicted octanol–water partition coefficient (Wildman–Crippen LogP) is 5.08. The summed E-state index contributed by atoms with van der Waals surface area (Å²) in [6.45, 7) is 2.40. The van der Waals surface area contributed by atoms with Gasteiger partial charge in [-0.15, -0.1) is 0 Å². The van der Waals surface area contributed by atoms with E-state index in [1.165, 1.54) is 25.2 Å². The lowest BCUT2D eigenvalue weighted by Crippen LogP contribution is -2.32. The fourth-order valence-electron chi connectivity index (χ4n) is 3.44. The molecule has 0 saturated carbocycles. The van der Waals surface area contributed by atoms with Crippen molar-refractivity contribution in [2.45, 2.75) is 13.5 Å². The zero-order valence-corrected chi connectivity index (χ0v) is 21.3. The van der Waals surface area contributed by atoms with Gasteiger partial charge >= 0.3 is 5.97 Å². The molecule has 192 valence electrons. The number of carbonyl (C=O) groups excluding carboxylic acids is 3. The number of nitrogens with zero attached hydrogens (tertiary/aromatic N) is 1. The molecule has 2 heterocycles. The molecular weight excluding hydrogens is 498 g/mol. The summed E-state index contributed by atoms with van der Waals surface area (Å²) < 4.78 is 26.9. The van der Waals surface area contributed by atoms with Crippen LogP contribution in [0, 0.1) is 6.92 Å². The van der Waals surface area contributed by atoms with E-state index in [0.29, 0.717) is 33.5 Å². The first-order chi connectivity index (χ1) is 17.9. The number of thioether (sulfide) groups is 1. The molecule has 1 aliphatic rings. The van der Waals surface area contributed by atoms with Crippen molar-refractivity contribution in [3.8, 4) is 17.2 Å². The van der Waals surface area contributed by atoms with Crippen LogP contribution in [0.3, 0.4) is 0 Å². The van der Waals surface area contributed by atoms with E-state index in [0.717, 1.165) is 17.3 Å². The van der Waals surface area contributed by atoms with Crippen molar-refractivity contribution in [2.75, 3.05) is 27.4 Å². The van der Waals surface area contributed by atoms with Crippen molar-refractivity contribution in [1.29, 1.82) is 0 Å². The number of amides is 2. The Labute approximate surface area is 217 Å². The average Bonchev–Trinajstić information content (AvgIpc) is 3.48. The van der Waals surface area contributed by atoms with Crippen LogP contribution in [-0.4, -0.2) is 49.4 Å². The number of hydrogen-bond donors (Lipinski definition) is 0. The number of aryl methyl sites for hydroxylation is 1. The van der Waals surface area contributed by atoms with Crippen LogP contribution in [0.25, 0.3) is 6.08 Å². The highest BCUT2D eigenvalue weighted by Gasteiger charge is 2.34. The number of esters is 1. The van der Waals surface area contributed by atoms with E-state index in [4.69, 9.17) is 18.6 Å². The van der Waals surface area contributed by atoms with Gasteiger partial charge in [0.05, 0.1) is 25.7 Å². The molecule has 0 atom stereocenters. The molecule has 0 radical (unpaired) electrons. The molecule has 0 spiro atoms. The standard InChI is InChI=1S/C27H25NO8S/c1-17-4-7-19(8-5-17)34-13-12-28-25(29)24(37-27(28)31)15-18-6-10-21(23(14-18)32-2)35-16-20-9-11-22(36-20)26(30)33-3/h4-11,14-15H,12-13,16H2,1-3H3/b24-15+. The molecule has 0 bridgehead atoms. The minimum Gasteiger partial charge on any atom is -0.493 e. The molecule has 0 unspecified atom stereocenters. The molecular formula is C27H25NO8S. The zero-order chi connectivity index (χ0) is 26.4. The molecule has 1 fully saturated rings. The molecule has 10 heteroatoms. The third-order valence-electron chi connectivity index (χ3n) is 5.38. The number of hydrogen-bond acceptors (Lipinski definition) is 9. The van der Waals surface area contributed by atoms with Gasteiger partial charge in [0, 0.05) is 0 Å². The third-order valence-corrected chi connectivity index (χ3v) is 6.29. The molecule has 4 rings (SSSR count). The van der Waals surface area contributed by atoms with Gasteiger partial charge < -0.3 is 23.4 Å². The predicted molar refractivity (Wildman–Crippen MR) is 137 cm³/mol. The molecule has 1 saturated heterocycles. The number of ether oxygens (including phenoxy) is 4. The fraction of sp³-hybridized carbons (Fsp3) is 0.222. The Bertz CT molecular complexity index is 1330. The lowest BCUT2D eigenvalue weighted by atomic mass is 10.2. The maximum atomic E-state index is 12.8. The molecule has 3 aromatic rings. The van der Waals surface area contributed by atoms with Crippen LogP contribution in [0.2, 0.25) is 0 Å². The summed E-state index contributed by atoms with van der Waals surface area (Å²) in [5, 5.41) is -0.347. The van der Waals surface area contributed by atoms with Gasteiger partial charge in [0.15, 0.2) is 11.5 Å². The first kappa shape index (κ1) is 25.9. The molecule has 2 aromatic carbocycles. The maximum Gasteiger partial charge on any atom is 0.373 e. The van der Waals surface area contributed by atoms with Crippen LogP contribution in [-0.2, 0) is 16.1 Å². The Morgan fingerprint density at radius 2 is 1.78 bits per heavy atom. The van der Waals surface area contributed by atoms with E-state index in [1.807, 2.05) is 31.2 Å². The van der Waals surface area contributed by atoms with Gasteiger partial charge in [0.1, 0.15) is 24.7 Å². The number of methoxy groups -OCH3 is 2. The molecule has 9 nitrogen and oxygen atoms in total. The fourth-order valence-corrected chi connectivity index (χ4v) is 4.31. The Kier molecular flexibility index (Phi) is 8.19. The highest BCUT2D eigenvalue weighted by molar-refractivity contribution is 8.18. The molecule has 1 aliphatic heterocycles. The van der Waals surface area contributed by atoms with Gasteiger partial charge in [-0.05, 0) is 66.7 Å². The summed E-state index contributed by atoms with van der Waals surface area (Å²) in [6, 6.07) is 15.8. The zero-order valence-electron chi connectivity index (χ0n) is 20.5. The smallest absolute Gasteiger partial charge is 0.373 e. The number of furan rings is 1. The van der Waals surface area contributed by atoms with Gasteiger partial charge in [-0.25, -0.2) is 4.79 Å². The molecule has 1 aromatic heterocycles. The van der Waals surface area contributed by atoms with Gasteiger partial charge in [-0.3, -0.25) is 14.5 Å². The molecule has 0 aliphatic carbocycles. The largest absolute Gasteiger partial charge is 0.493 e. The second-order valence-corrected chi connectivity index (χ2v) is 8.94. The van der Waals surface area contributed by atoms with Gasteiger partial charge in [-0.2, -0.15) is 0 Å². The van der Waals surface area contributed by atoms with E-state index in [2.05, 4.69) is 4.74 Å². The lowest BCUT2D eigenvalue weighted by Gasteiger charge is -2.13. The number of imide groups is 1. The second-order valence-electron chi connectivity index (χ2n) is 7.95. The number of carbonyl (C=O) groups is 3. The molecule has 2 amide bonds. The minimum atomic E-state index is -0.573. The SMILES string of the molecule is COC(=O)c1ccc(COc2ccc(/C=C3/SC(=O)N(CCOc4ccc(C)cc4)C3=O)cc2OC)o1. The van der Waals surface area contributed by atoms with Crippen LogP contribution < -0.4 is 14.2 Å².